The number of thioether (sulfide) groups is 1. The van der Waals surface area contributed by atoms with Gasteiger partial charge in [-0.25, -0.2) is 0 Å². The van der Waals surface area contributed by atoms with Crippen LogP contribution in [0.2, 0.25) is 0 Å². The van der Waals surface area contributed by atoms with Crippen LogP contribution in [0.1, 0.15) is 49.7 Å². The summed E-state index contributed by atoms with van der Waals surface area (Å²) in [7, 11) is 0. The Morgan fingerprint density at radius 2 is 1.95 bits per heavy atom. The second-order valence-corrected chi connectivity index (χ2v) is 7.16. The zero-order chi connectivity index (χ0) is 13.1. The van der Waals surface area contributed by atoms with E-state index in [1.165, 1.54) is 54.5 Å². The van der Waals surface area contributed by atoms with Crippen LogP contribution in [0.4, 0.5) is 0 Å². The molecule has 1 aromatic carbocycles. The fraction of sp³-hybridized carbons (Fsp3) is 0.529. The van der Waals surface area contributed by atoms with E-state index in [0.29, 0.717) is 6.54 Å². The Bertz CT molecular complexity index is 456. The number of allylic oxidation sites excluding steroid dienone is 1. The molecule has 0 aromatic heterocycles. The quantitative estimate of drug-likeness (QED) is 0.848. The van der Waals surface area contributed by atoms with Crippen LogP contribution in [-0.2, 0) is 6.54 Å². The third-order valence-electron chi connectivity index (χ3n) is 4.11. The largest absolute Gasteiger partial charge is 0.326 e. The predicted molar refractivity (Wildman–Crippen MR) is 84.2 cm³/mol. The van der Waals surface area contributed by atoms with Crippen molar-refractivity contribution in [2.75, 3.05) is 0 Å². The molecule has 2 heteroatoms. The van der Waals surface area contributed by atoms with Gasteiger partial charge in [-0.05, 0) is 54.9 Å². The van der Waals surface area contributed by atoms with Gasteiger partial charge in [0.15, 0.2) is 0 Å². The average molecular weight is 273 g/mol. The Hall–Kier alpha value is -0.730. The molecule has 0 atom stereocenters. The van der Waals surface area contributed by atoms with Crippen LogP contribution < -0.4 is 5.73 Å². The molecule has 2 aliphatic rings. The van der Waals surface area contributed by atoms with E-state index in [1.54, 1.807) is 0 Å². The van der Waals surface area contributed by atoms with Crippen molar-refractivity contribution in [2.24, 2.45) is 11.7 Å². The summed E-state index contributed by atoms with van der Waals surface area (Å²) in [5, 5.41) is 0.837. The highest BCUT2D eigenvalue weighted by Crippen LogP contribution is 2.36. The molecule has 2 fully saturated rings. The van der Waals surface area contributed by atoms with E-state index in [-0.39, 0.29) is 0 Å². The first-order valence-electron chi connectivity index (χ1n) is 7.53. The molecular weight excluding hydrogens is 250 g/mol. The SMILES string of the molecule is NCc1ccc(SC2CCCC2)cc1/C=C/C1CC1. The summed E-state index contributed by atoms with van der Waals surface area (Å²) in [4.78, 5) is 1.42. The molecule has 1 aromatic rings. The first-order chi connectivity index (χ1) is 9.35. The minimum atomic E-state index is 0.638. The molecule has 0 unspecified atom stereocenters. The molecule has 0 amide bonds. The normalized spacial score (nSPS) is 20.5. The number of hydrogen-bond donors (Lipinski definition) is 1. The number of rotatable bonds is 5. The van der Waals surface area contributed by atoms with Crippen LogP contribution in [0.5, 0.6) is 0 Å². The van der Waals surface area contributed by atoms with E-state index in [4.69, 9.17) is 5.73 Å². The third kappa shape index (κ3) is 3.64. The van der Waals surface area contributed by atoms with Crippen LogP contribution in [-0.4, -0.2) is 5.25 Å². The van der Waals surface area contributed by atoms with E-state index in [9.17, 15) is 0 Å². The van der Waals surface area contributed by atoms with E-state index in [1.807, 2.05) is 0 Å². The second kappa shape index (κ2) is 6.15. The van der Waals surface area contributed by atoms with E-state index < -0.39 is 0 Å². The highest BCUT2D eigenvalue weighted by atomic mass is 32.2. The predicted octanol–water partition coefficient (Wildman–Crippen LogP) is 4.60. The molecule has 1 nitrogen and oxygen atoms in total. The van der Waals surface area contributed by atoms with Crippen LogP contribution in [0, 0.1) is 5.92 Å². The van der Waals surface area contributed by atoms with Crippen molar-refractivity contribution in [1.82, 2.24) is 0 Å². The topological polar surface area (TPSA) is 26.0 Å². The van der Waals surface area contributed by atoms with Crippen molar-refractivity contribution >= 4 is 17.8 Å². The van der Waals surface area contributed by atoms with Crippen LogP contribution in [0.15, 0.2) is 29.2 Å². The van der Waals surface area contributed by atoms with Gasteiger partial charge < -0.3 is 5.73 Å². The maximum absolute atomic E-state index is 5.85. The Kier molecular flexibility index (Phi) is 4.29. The van der Waals surface area contributed by atoms with Gasteiger partial charge >= 0.3 is 0 Å². The summed E-state index contributed by atoms with van der Waals surface area (Å²) >= 11 is 2.06. The van der Waals surface area contributed by atoms with Gasteiger partial charge in [0.1, 0.15) is 0 Å². The minimum absolute atomic E-state index is 0.638. The molecule has 0 bridgehead atoms. The first-order valence-corrected chi connectivity index (χ1v) is 8.41. The van der Waals surface area contributed by atoms with Gasteiger partial charge in [-0.2, -0.15) is 0 Å². The minimum Gasteiger partial charge on any atom is -0.326 e. The Labute approximate surface area is 120 Å². The second-order valence-electron chi connectivity index (χ2n) is 5.79. The van der Waals surface area contributed by atoms with Crippen LogP contribution >= 0.6 is 11.8 Å². The molecule has 3 rings (SSSR count). The first kappa shape index (κ1) is 13.3. The fourth-order valence-corrected chi connectivity index (χ4v) is 4.01. The van der Waals surface area contributed by atoms with Crippen LogP contribution in [0.3, 0.4) is 0 Å². The molecule has 0 heterocycles. The van der Waals surface area contributed by atoms with Gasteiger partial charge in [-0.15, -0.1) is 11.8 Å². The Morgan fingerprint density at radius 1 is 1.16 bits per heavy atom. The zero-order valence-corrected chi connectivity index (χ0v) is 12.3. The molecule has 0 aliphatic heterocycles. The monoisotopic (exact) mass is 273 g/mol. The van der Waals surface area contributed by atoms with Crippen LogP contribution in [0.25, 0.3) is 6.08 Å². The highest BCUT2D eigenvalue weighted by Gasteiger charge is 2.18. The lowest BCUT2D eigenvalue weighted by atomic mass is 10.1. The van der Waals surface area contributed by atoms with Gasteiger partial charge in [0, 0.05) is 16.7 Å². The molecule has 0 spiro atoms. The Morgan fingerprint density at radius 3 is 2.63 bits per heavy atom. The van der Waals surface area contributed by atoms with Gasteiger partial charge in [0.2, 0.25) is 0 Å². The smallest absolute Gasteiger partial charge is 0.0184 e. The molecule has 0 saturated heterocycles. The van der Waals surface area contributed by atoms with E-state index in [2.05, 4.69) is 42.1 Å². The summed E-state index contributed by atoms with van der Waals surface area (Å²) in [5.41, 5.74) is 8.45. The fourth-order valence-electron chi connectivity index (χ4n) is 2.71. The molecule has 2 N–H and O–H groups in total. The highest BCUT2D eigenvalue weighted by molar-refractivity contribution is 8.00. The molecule has 2 aliphatic carbocycles. The van der Waals surface area contributed by atoms with Gasteiger partial charge in [0.25, 0.3) is 0 Å². The zero-order valence-electron chi connectivity index (χ0n) is 11.5. The molecule has 19 heavy (non-hydrogen) atoms. The summed E-state index contributed by atoms with van der Waals surface area (Å²) in [5.74, 6) is 0.830. The summed E-state index contributed by atoms with van der Waals surface area (Å²) in [6.07, 6.45) is 13.0. The van der Waals surface area contributed by atoms with Gasteiger partial charge in [-0.1, -0.05) is 31.1 Å². The van der Waals surface area contributed by atoms with E-state index >= 15 is 0 Å². The van der Waals surface area contributed by atoms with Crippen molar-refractivity contribution in [3.63, 3.8) is 0 Å². The van der Waals surface area contributed by atoms with Crippen molar-refractivity contribution in [2.45, 2.75) is 55.2 Å². The van der Waals surface area contributed by atoms with Gasteiger partial charge in [0.05, 0.1) is 0 Å². The lowest BCUT2D eigenvalue weighted by Gasteiger charge is -2.11. The molecule has 102 valence electrons. The summed E-state index contributed by atoms with van der Waals surface area (Å²) < 4.78 is 0. The average Bonchev–Trinajstić information content (AvgIpc) is 3.13. The number of hydrogen-bond acceptors (Lipinski definition) is 2. The maximum atomic E-state index is 5.85. The van der Waals surface area contributed by atoms with Crippen molar-refractivity contribution in [1.29, 1.82) is 0 Å². The maximum Gasteiger partial charge on any atom is 0.0184 e. The van der Waals surface area contributed by atoms with Crippen molar-refractivity contribution < 1.29 is 0 Å². The summed E-state index contributed by atoms with van der Waals surface area (Å²) in [6.45, 7) is 0.638. The standard InChI is InChI=1S/C17H23NS/c18-12-15-9-10-17(19-16-3-1-2-4-16)11-14(15)8-7-13-5-6-13/h7-11,13,16H,1-6,12,18H2/b8-7+. The van der Waals surface area contributed by atoms with E-state index in [0.717, 1.165) is 11.2 Å². The van der Waals surface area contributed by atoms with Crippen molar-refractivity contribution in [3.8, 4) is 0 Å². The molecular formula is C17H23NS. The molecule has 2 saturated carbocycles. The lowest BCUT2D eigenvalue weighted by molar-refractivity contribution is 0.886. The molecule has 0 radical (unpaired) electrons. The van der Waals surface area contributed by atoms with Crippen molar-refractivity contribution in [3.05, 3.63) is 35.4 Å². The number of nitrogens with two attached hydrogens (primary N) is 1. The lowest BCUT2D eigenvalue weighted by Crippen LogP contribution is -2.00. The number of benzene rings is 1. The summed E-state index contributed by atoms with van der Waals surface area (Å²) in [6, 6.07) is 6.80. The Balaban J connectivity index is 1.74. The van der Waals surface area contributed by atoms with Gasteiger partial charge in [-0.3, -0.25) is 0 Å². The third-order valence-corrected chi connectivity index (χ3v) is 5.44.